The summed E-state index contributed by atoms with van der Waals surface area (Å²) in [6.07, 6.45) is 3.54. The Kier molecular flexibility index (Phi) is 5.33. The van der Waals surface area contributed by atoms with Gasteiger partial charge in [0.15, 0.2) is 0 Å². The molecule has 0 fully saturated rings. The smallest absolute Gasteiger partial charge is 0.0373 e. The normalized spacial score (nSPS) is 12.5. The van der Waals surface area contributed by atoms with Crippen LogP contribution in [0.2, 0.25) is 0 Å². The maximum absolute atomic E-state index is 6.03. The Morgan fingerprint density at radius 2 is 2.06 bits per heavy atom. The van der Waals surface area contributed by atoms with Gasteiger partial charge in [-0.05, 0) is 37.5 Å². The number of nitrogens with two attached hydrogens (primary N) is 1. The average Bonchev–Trinajstić information content (AvgIpc) is 2.27. The fourth-order valence-corrected chi connectivity index (χ4v) is 1.74. The van der Waals surface area contributed by atoms with E-state index < -0.39 is 0 Å². The second-order valence-electron chi connectivity index (χ2n) is 4.60. The van der Waals surface area contributed by atoms with E-state index in [0.29, 0.717) is 0 Å². The second-order valence-corrected chi connectivity index (χ2v) is 4.60. The number of unbranched alkanes of at least 4 members (excludes halogenated alkanes) is 1. The zero-order valence-electron chi connectivity index (χ0n) is 10.7. The van der Waals surface area contributed by atoms with Gasteiger partial charge < -0.3 is 11.1 Å². The Bertz CT molecular complexity index is 321. The molecule has 0 saturated carbocycles. The Morgan fingerprint density at radius 3 is 2.75 bits per heavy atom. The minimum atomic E-state index is 0.264. The zero-order chi connectivity index (χ0) is 12.0. The quantitative estimate of drug-likeness (QED) is 0.772. The third-order valence-electron chi connectivity index (χ3n) is 2.88. The van der Waals surface area contributed by atoms with Gasteiger partial charge in [-0.2, -0.15) is 0 Å². The van der Waals surface area contributed by atoms with Crippen LogP contribution in [0.25, 0.3) is 0 Å². The molecule has 1 rings (SSSR count). The number of hydrogen-bond donors (Lipinski definition) is 2. The van der Waals surface area contributed by atoms with Crippen molar-refractivity contribution in [2.24, 2.45) is 5.73 Å². The summed E-state index contributed by atoms with van der Waals surface area (Å²) >= 11 is 0. The number of anilines is 1. The van der Waals surface area contributed by atoms with Crippen molar-refractivity contribution in [3.8, 4) is 0 Å². The fourth-order valence-electron chi connectivity index (χ4n) is 1.74. The van der Waals surface area contributed by atoms with Crippen molar-refractivity contribution in [1.82, 2.24) is 0 Å². The third-order valence-corrected chi connectivity index (χ3v) is 2.88. The molecule has 0 heterocycles. The van der Waals surface area contributed by atoms with Gasteiger partial charge in [-0.15, -0.1) is 0 Å². The van der Waals surface area contributed by atoms with Crippen LogP contribution in [0.1, 0.15) is 37.3 Å². The van der Waals surface area contributed by atoms with Gasteiger partial charge in [-0.3, -0.25) is 0 Å². The number of benzene rings is 1. The highest BCUT2D eigenvalue weighted by molar-refractivity contribution is 5.52. The van der Waals surface area contributed by atoms with Crippen molar-refractivity contribution in [2.45, 2.75) is 46.1 Å². The SMILES string of the molecule is CCCCC(N)CNc1cc(C)ccc1C. The lowest BCUT2D eigenvalue weighted by Gasteiger charge is -2.15. The van der Waals surface area contributed by atoms with E-state index in [0.717, 1.165) is 13.0 Å². The Hall–Kier alpha value is -1.02. The molecule has 1 aromatic rings. The lowest BCUT2D eigenvalue weighted by molar-refractivity contribution is 0.596. The summed E-state index contributed by atoms with van der Waals surface area (Å²) in [5.74, 6) is 0. The molecule has 0 saturated heterocycles. The predicted octanol–water partition coefficient (Wildman–Crippen LogP) is 3.23. The van der Waals surface area contributed by atoms with Gasteiger partial charge in [-0.1, -0.05) is 31.9 Å². The minimum absolute atomic E-state index is 0.264. The van der Waals surface area contributed by atoms with Gasteiger partial charge in [0.05, 0.1) is 0 Å². The summed E-state index contributed by atoms with van der Waals surface area (Å²) in [5, 5.41) is 3.44. The van der Waals surface area contributed by atoms with E-state index in [1.54, 1.807) is 0 Å². The lowest BCUT2D eigenvalue weighted by Crippen LogP contribution is -2.29. The van der Waals surface area contributed by atoms with Crippen molar-refractivity contribution < 1.29 is 0 Å². The molecule has 2 heteroatoms. The first-order valence-electron chi connectivity index (χ1n) is 6.20. The summed E-state index contributed by atoms with van der Waals surface area (Å²) in [7, 11) is 0. The molecule has 0 spiro atoms. The summed E-state index contributed by atoms with van der Waals surface area (Å²) in [6.45, 7) is 7.30. The second kappa shape index (κ2) is 6.54. The van der Waals surface area contributed by atoms with Gasteiger partial charge in [-0.25, -0.2) is 0 Å². The van der Waals surface area contributed by atoms with Crippen molar-refractivity contribution in [1.29, 1.82) is 0 Å². The van der Waals surface area contributed by atoms with E-state index >= 15 is 0 Å². The standard InChI is InChI=1S/C14H24N2/c1-4-5-6-13(15)10-16-14-9-11(2)7-8-12(14)3/h7-9,13,16H,4-6,10,15H2,1-3H3. The van der Waals surface area contributed by atoms with Crippen LogP contribution in [0.3, 0.4) is 0 Å². The van der Waals surface area contributed by atoms with Gasteiger partial charge in [0.1, 0.15) is 0 Å². The van der Waals surface area contributed by atoms with Crippen LogP contribution >= 0.6 is 0 Å². The Labute approximate surface area is 99.2 Å². The largest absolute Gasteiger partial charge is 0.383 e. The lowest BCUT2D eigenvalue weighted by atomic mass is 10.1. The van der Waals surface area contributed by atoms with Crippen molar-refractivity contribution in [2.75, 3.05) is 11.9 Å². The highest BCUT2D eigenvalue weighted by Gasteiger charge is 2.03. The first-order chi connectivity index (χ1) is 7.63. The first kappa shape index (κ1) is 13.0. The van der Waals surface area contributed by atoms with Gasteiger partial charge in [0.2, 0.25) is 0 Å². The van der Waals surface area contributed by atoms with Crippen LogP contribution in [0.5, 0.6) is 0 Å². The summed E-state index contributed by atoms with van der Waals surface area (Å²) in [5.41, 5.74) is 9.82. The summed E-state index contributed by atoms with van der Waals surface area (Å²) in [4.78, 5) is 0. The molecule has 0 aliphatic carbocycles. The van der Waals surface area contributed by atoms with Gasteiger partial charge >= 0.3 is 0 Å². The van der Waals surface area contributed by atoms with Crippen LogP contribution in [0.15, 0.2) is 18.2 Å². The van der Waals surface area contributed by atoms with Gasteiger partial charge in [0.25, 0.3) is 0 Å². The fraction of sp³-hybridized carbons (Fsp3) is 0.571. The summed E-state index contributed by atoms with van der Waals surface area (Å²) < 4.78 is 0. The van der Waals surface area contributed by atoms with Crippen molar-refractivity contribution in [3.63, 3.8) is 0 Å². The molecule has 16 heavy (non-hydrogen) atoms. The maximum atomic E-state index is 6.03. The molecule has 0 amide bonds. The predicted molar refractivity (Wildman–Crippen MR) is 71.9 cm³/mol. The molecular formula is C14H24N2. The minimum Gasteiger partial charge on any atom is -0.383 e. The van der Waals surface area contributed by atoms with Crippen LogP contribution in [0, 0.1) is 13.8 Å². The van der Waals surface area contributed by atoms with E-state index in [-0.39, 0.29) is 6.04 Å². The number of aryl methyl sites for hydroxylation is 2. The van der Waals surface area contributed by atoms with Crippen LogP contribution in [-0.4, -0.2) is 12.6 Å². The molecule has 0 bridgehead atoms. The average molecular weight is 220 g/mol. The topological polar surface area (TPSA) is 38.0 Å². The van der Waals surface area contributed by atoms with Gasteiger partial charge in [0, 0.05) is 18.3 Å². The Balaban J connectivity index is 2.44. The summed E-state index contributed by atoms with van der Waals surface area (Å²) in [6, 6.07) is 6.73. The molecule has 0 aliphatic rings. The van der Waals surface area contributed by atoms with E-state index in [4.69, 9.17) is 5.73 Å². The highest BCUT2D eigenvalue weighted by Crippen LogP contribution is 2.16. The zero-order valence-corrected chi connectivity index (χ0v) is 10.7. The first-order valence-corrected chi connectivity index (χ1v) is 6.20. The van der Waals surface area contributed by atoms with Crippen molar-refractivity contribution in [3.05, 3.63) is 29.3 Å². The molecule has 1 aromatic carbocycles. The molecule has 3 N–H and O–H groups in total. The van der Waals surface area contributed by atoms with E-state index in [2.05, 4.69) is 44.3 Å². The van der Waals surface area contributed by atoms with E-state index in [1.165, 1.54) is 29.7 Å². The van der Waals surface area contributed by atoms with Crippen LogP contribution < -0.4 is 11.1 Å². The molecule has 1 atom stereocenters. The molecule has 90 valence electrons. The van der Waals surface area contributed by atoms with Crippen molar-refractivity contribution >= 4 is 5.69 Å². The molecule has 0 aromatic heterocycles. The Morgan fingerprint density at radius 1 is 1.31 bits per heavy atom. The van der Waals surface area contributed by atoms with Crippen LogP contribution in [-0.2, 0) is 0 Å². The molecule has 2 nitrogen and oxygen atoms in total. The molecular weight excluding hydrogens is 196 g/mol. The number of hydrogen-bond acceptors (Lipinski definition) is 2. The monoisotopic (exact) mass is 220 g/mol. The molecule has 1 unspecified atom stereocenters. The number of nitrogens with one attached hydrogen (secondary N) is 1. The van der Waals surface area contributed by atoms with E-state index in [9.17, 15) is 0 Å². The van der Waals surface area contributed by atoms with Crippen LogP contribution in [0.4, 0.5) is 5.69 Å². The molecule has 0 radical (unpaired) electrons. The highest BCUT2D eigenvalue weighted by atomic mass is 14.9. The van der Waals surface area contributed by atoms with E-state index in [1.807, 2.05) is 0 Å². The third kappa shape index (κ3) is 4.23. The number of rotatable bonds is 6. The maximum Gasteiger partial charge on any atom is 0.0373 e. The molecule has 0 aliphatic heterocycles.